The summed E-state index contributed by atoms with van der Waals surface area (Å²) in [6.45, 7) is -2.35. The van der Waals surface area contributed by atoms with Crippen LogP contribution in [-0.4, -0.2) is 26.6 Å². The number of alkyl halides is 3. The van der Waals surface area contributed by atoms with Crippen molar-refractivity contribution in [1.82, 2.24) is 4.86 Å². The summed E-state index contributed by atoms with van der Waals surface area (Å²) in [5.74, 6) is 0. The highest BCUT2D eigenvalue weighted by atomic mass is 31.3. The fourth-order valence-electron chi connectivity index (χ4n) is 0.524. The Morgan fingerprint density at radius 1 is 1.27 bits per heavy atom. The van der Waals surface area contributed by atoms with E-state index in [1.807, 2.05) is 0 Å². The van der Waals surface area contributed by atoms with E-state index in [9.17, 15) is 26.5 Å². The van der Waals surface area contributed by atoms with Crippen LogP contribution in [0.4, 0.5) is 17.4 Å². The van der Waals surface area contributed by atoms with Gasteiger partial charge < -0.3 is 4.52 Å². The molecule has 0 aromatic heterocycles. The van der Waals surface area contributed by atoms with Crippen LogP contribution in [0.15, 0.2) is 0 Å². The van der Waals surface area contributed by atoms with E-state index in [0.717, 1.165) is 4.86 Å². The molecule has 0 rings (SSSR count). The van der Waals surface area contributed by atoms with Crippen molar-refractivity contribution < 1.29 is 35.5 Å². The van der Waals surface area contributed by atoms with Gasteiger partial charge in [0, 0.05) is 14.2 Å². The standard InChI is InChI=1S/C4H9F4NO4P2/c1-12-14(10,4(6,7)3-5)9-15(8,11)13-2/h3H2,1-2H3,(H,9,10,11). The lowest BCUT2D eigenvalue weighted by atomic mass is 10.8. The fraction of sp³-hybridized carbons (Fsp3) is 1.00. The van der Waals surface area contributed by atoms with E-state index in [0.29, 0.717) is 14.2 Å². The first-order valence-electron chi connectivity index (χ1n) is 3.39. The SMILES string of the molecule is COP(=O)(F)NP(=O)(OC)C(F)(F)CF. The van der Waals surface area contributed by atoms with E-state index in [-0.39, 0.29) is 0 Å². The molecule has 15 heavy (non-hydrogen) atoms. The van der Waals surface area contributed by atoms with Crippen LogP contribution < -0.4 is 4.86 Å². The Morgan fingerprint density at radius 3 is 2.00 bits per heavy atom. The van der Waals surface area contributed by atoms with E-state index >= 15 is 0 Å². The van der Waals surface area contributed by atoms with Gasteiger partial charge in [-0.15, -0.1) is 9.05 Å². The van der Waals surface area contributed by atoms with Crippen LogP contribution in [0.2, 0.25) is 0 Å². The summed E-state index contributed by atoms with van der Waals surface area (Å²) >= 11 is 0. The summed E-state index contributed by atoms with van der Waals surface area (Å²) in [6, 6.07) is 0. The van der Waals surface area contributed by atoms with Crippen LogP contribution >= 0.6 is 15.3 Å². The Balaban J connectivity index is 5.06. The monoisotopic (exact) mass is 273 g/mol. The van der Waals surface area contributed by atoms with E-state index in [4.69, 9.17) is 0 Å². The van der Waals surface area contributed by atoms with Gasteiger partial charge in [0.05, 0.1) is 0 Å². The predicted molar refractivity (Wildman–Crippen MR) is 44.4 cm³/mol. The molecule has 11 heteroatoms. The Morgan fingerprint density at radius 2 is 1.73 bits per heavy atom. The maximum absolute atomic E-state index is 12.7. The lowest BCUT2D eigenvalue weighted by molar-refractivity contribution is 0.0438. The van der Waals surface area contributed by atoms with Crippen molar-refractivity contribution in [1.29, 1.82) is 0 Å². The molecule has 0 amide bonds. The first-order chi connectivity index (χ1) is 6.64. The van der Waals surface area contributed by atoms with Crippen LogP contribution in [0.5, 0.6) is 0 Å². The summed E-state index contributed by atoms with van der Waals surface area (Å²) in [5, 5.41) is 0. The van der Waals surface area contributed by atoms with Crippen LogP contribution in [0, 0.1) is 0 Å². The molecule has 0 radical (unpaired) electrons. The molecule has 0 aromatic rings. The van der Waals surface area contributed by atoms with Crippen LogP contribution in [0.3, 0.4) is 0 Å². The average molecular weight is 273 g/mol. The van der Waals surface area contributed by atoms with Gasteiger partial charge in [-0.05, 0) is 0 Å². The van der Waals surface area contributed by atoms with Crippen molar-refractivity contribution in [2.45, 2.75) is 5.66 Å². The van der Waals surface area contributed by atoms with E-state index in [2.05, 4.69) is 9.05 Å². The zero-order chi connectivity index (χ0) is 12.3. The van der Waals surface area contributed by atoms with Gasteiger partial charge in [-0.3, -0.25) is 9.09 Å². The molecule has 5 nitrogen and oxygen atoms in total. The fourth-order valence-corrected chi connectivity index (χ4v) is 3.45. The van der Waals surface area contributed by atoms with Gasteiger partial charge in [-0.2, -0.15) is 8.78 Å². The number of rotatable bonds is 6. The van der Waals surface area contributed by atoms with Crippen molar-refractivity contribution in [3.8, 4) is 0 Å². The second-order valence-corrected chi connectivity index (χ2v) is 6.54. The first-order valence-corrected chi connectivity index (χ1v) is 6.53. The van der Waals surface area contributed by atoms with Gasteiger partial charge in [0.2, 0.25) is 0 Å². The Kier molecular flexibility index (Phi) is 4.95. The molecular weight excluding hydrogens is 264 g/mol. The molecule has 0 saturated carbocycles. The lowest BCUT2D eigenvalue weighted by Gasteiger charge is -2.24. The molecule has 0 fully saturated rings. The molecule has 0 aliphatic rings. The molecule has 0 bridgehead atoms. The molecule has 0 spiro atoms. The van der Waals surface area contributed by atoms with Gasteiger partial charge in [0.15, 0.2) is 6.67 Å². The molecular formula is C4H9F4NO4P2. The second kappa shape index (κ2) is 4.93. The predicted octanol–water partition coefficient (Wildman–Crippen LogP) is 2.70. The average Bonchev–Trinajstić information content (AvgIpc) is 2.16. The molecule has 2 atom stereocenters. The molecule has 92 valence electrons. The maximum atomic E-state index is 12.7. The van der Waals surface area contributed by atoms with Crippen LogP contribution in [0.25, 0.3) is 0 Å². The van der Waals surface area contributed by atoms with Gasteiger partial charge >= 0.3 is 21.0 Å². The van der Waals surface area contributed by atoms with Gasteiger partial charge in [0.25, 0.3) is 0 Å². The van der Waals surface area contributed by atoms with Crippen LogP contribution in [0.1, 0.15) is 0 Å². The molecule has 0 aliphatic carbocycles. The quantitative estimate of drug-likeness (QED) is 0.595. The zero-order valence-corrected chi connectivity index (χ0v) is 9.54. The minimum absolute atomic E-state index is 0.535. The smallest absolute Gasteiger partial charge is 0.316 e. The summed E-state index contributed by atoms with van der Waals surface area (Å²) in [6.07, 6.45) is 0. The van der Waals surface area contributed by atoms with Gasteiger partial charge in [-0.25, -0.2) is 8.96 Å². The topological polar surface area (TPSA) is 64.6 Å². The normalized spacial score (nSPS) is 20.7. The zero-order valence-electron chi connectivity index (χ0n) is 7.75. The summed E-state index contributed by atoms with van der Waals surface area (Å²) < 4.78 is 79.2. The number of nitrogens with one attached hydrogen (secondary N) is 1. The lowest BCUT2D eigenvalue weighted by Crippen LogP contribution is -2.27. The largest absolute Gasteiger partial charge is 0.450 e. The maximum Gasteiger partial charge on any atom is 0.450 e. The number of hydrogen-bond acceptors (Lipinski definition) is 4. The highest BCUT2D eigenvalue weighted by Crippen LogP contribution is 2.64. The van der Waals surface area contributed by atoms with E-state index in [1.54, 1.807) is 0 Å². The van der Waals surface area contributed by atoms with Gasteiger partial charge in [0.1, 0.15) is 0 Å². The summed E-state index contributed by atoms with van der Waals surface area (Å²) in [4.78, 5) is 0.870. The van der Waals surface area contributed by atoms with Crippen molar-refractivity contribution >= 4 is 15.3 Å². The highest BCUT2D eigenvalue weighted by Gasteiger charge is 2.55. The third-order valence-electron chi connectivity index (χ3n) is 1.33. The van der Waals surface area contributed by atoms with Crippen LogP contribution in [-0.2, 0) is 18.2 Å². The molecule has 0 saturated heterocycles. The van der Waals surface area contributed by atoms with E-state index in [1.165, 1.54) is 0 Å². The number of hydrogen-bond donors (Lipinski definition) is 1. The minimum atomic E-state index is -5.26. The highest BCUT2D eigenvalue weighted by molar-refractivity contribution is 7.70. The molecule has 0 aromatic carbocycles. The molecule has 1 N–H and O–H groups in total. The van der Waals surface area contributed by atoms with Crippen molar-refractivity contribution in [2.75, 3.05) is 20.9 Å². The summed E-state index contributed by atoms with van der Waals surface area (Å²) in [5.41, 5.74) is -4.48. The molecule has 0 aliphatic heterocycles. The Hall–Kier alpha value is 0.0600. The van der Waals surface area contributed by atoms with Crippen molar-refractivity contribution in [3.63, 3.8) is 0 Å². The third kappa shape index (κ3) is 3.53. The van der Waals surface area contributed by atoms with E-state index < -0.39 is 27.7 Å². The number of halogens is 4. The Bertz CT molecular complexity index is 311. The van der Waals surface area contributed by atoms with Crippen molar-refractivity contribution in [3.05, 3.63) is 0 Å². The third-order valence-corrected chi connectivity index (χ3v) is 5.31. The molecule has 0 heterocycles. The summed E-state index contributed by atoms with van der Waals surface area (Å²) in [7, 11) is -9.34. The first kappa shape index (κ1) is 15.1. The molecule has 2 unspecified atom stereocenters. The minimum Gasteiger partial charge on any atom is -0.316 e. The second-order valence-electron chi connectivity index (χ2n) is 2.30. The van der Waals surface area contributed by atoms with Crippen molar-refractivity contribution in [2.24, 2.45) is 0 Å². The Labute approximate surface area is 83.3 Å². The van der Waals surface area contributed by atoms with Gasteiger partial charge in [-0.1, -0.05) is 0 Å².